The first kappa shape index (κ1) is 36.5. The summed E-state index contributed by atoms with van der Waals surface area (Å²) < 4.78 is 22.9. The number of imide groups is 1. The van der Waals surface area contributed by atoms with Crippen molar-refractivity contribution in [2.75, 3.05) is 45.0 Å². The molecule has 0 bridgehead atoms. The minimum Gasteiger partial charge on any atom is -0.491 e. The number of rotatable bonds is 12. The van der Waals surface area contributed by atoms with E-state index in [1.54, 1.807) is 42.5 Å². The van der Waals surface area contributed by atoms with Crippen LogP contribution in [-0.2, 0) is 34.0 Å². The molecule has 3 heterocycles. The molecule has 278 valence electrons. The van der Waals surface area contributed by atoms with Gasteiger partial charge in [-0.05, 0) is 40.5 Å². The summed E-state index contributed by atoms with van der Waals surface area (Å²) in [4.78, 5) is 62.2. The molecule has 6 unspecified atom stereocenters. The quantitative estimate of drug-likeness (QED) is 0.118. The molecule has 0 saturated carbocycles. The molecule has 1 spiro atoms. The summed E-state index contributed by atoms with van der Waals surface area (Å²) in [5.41, 5.74) is 0.739. The fourth-order valence-electron chi connectivity index (χ4n) is 8.34. The molecule has 4 aromatic carbocycles. The van der Waals surface area contributed by atoms with Crippen molar-refractivity contribution in [2.45, 2.75) is 29.6 Å². The van der Waals surface area contributed by atoms with E-state index in [1.165, 1.54) is 13.2 Å². The van der Waals surface area contributed by atoms with E-state index in [1.807, 2.05) is 71.6 Å². The number of anilines is 1. The van der Waals surface area contributed by atoms with Crippen molar-refractivity contribution in [3.05, 3.63) is 144 Å². The first-order chi connectivity index (χ1) is 26.4. The molecule has 12 heteroatoms. The first-order valence-corrected chi connectivity index (χ1v) is 17.8. The monoisotopic (exact) mass is 731 g/mol. The lowest BCUT2D eigenvalue weighted by atomic mass is 9.65. The van der Waals surface area contributed by atoms with Crippen LogP contribution in [0.3, 0.4) is 0 Å². The predicted molar refractivity (Wildman–Crippen MR) is 197 cm³/mol. The smallest absolute Gasteiger partial charge is 0.421 e. The van der Waals surface area contributed by atoms with Gasteiger partial charge in [0, 0.05) is 13.7 Å². The van der Waals surface area contributed by atoms with E-state index < -0.39 is 59.4 Å². The maximum Gasteiger partial charge on any atom is 0.421 e. The van der Waals surface area contributed by atoms with Gasteiger partial charge in [0.1, 0.15) is 36.5 Å². The van der Waals surface area contributed by atoms with Crippen LogP contribution in [0.2, 0.25) is 0 Å². The van der Waals surface area contributed by atoms with Crippen molar-refractivity contribution in [1.82, 2.24) is 10.2 Å². The second kappa shape index (κ2) is 15.7. The van der Waals surface area contributed by atoms with Gasteiger partial charge in [-0.3, -0.25) is 19.3 Å². The maximum absolute atomic E-state index is 15.7. The van der Waals surface area contributed by atoms with E-state index in [4.69, 9.17) is 18.9 Å². The van der Waals surface area contributed by atoms with Crippen molar-refractivity contribution in [3.63, 3.8) is 0 Å². The Balaban J connectivity index is 1.55. The highest BCUT2D eigenvalue weighted by atomic mass is 16.6. The van der Waals surface area contributed by atoms with Crippen LogP contribution < -0.4 is 15.0 Å². The normalized spacial score (nSPS) is 24.4. The fourth-order valence-corrected chi connectivity index (χ4v) is 8.34. The van der Waals surface area contributed by atoms with E-state index in [0.717, 1.165) is 10.5 Å². The Bertz CT molecular complexity index is 2030. The fraction of sp³-hybridized carbons (Fsp3) is 0.286. The second-order valence-electron chi connectivity index (χ2n) is 13.2. The Morgan fingerprint density at radius 2 is 1.56 bits per heavy atom. The van der Waals surface area contributed by atoms with Crippen LogP contribution in [0.1, 0.15) is 40.4 Å². The average molecular weight is 732 g/mol. The lowest BCUT2D eigenvalue weighted by molar-refractivity contribution is -0.178. The van der Waals surface area contributed by atoms with Crippen molar-refractivity contribution in [2.24, 2.45) is 5.92 Å². The molecule has 3 amide bonds. The molecule has 3 aliphatic heterocycles. The molecule has 2 N–H and O–H groups in total. The number of cyclic esters (lactones) is 1. The van der Waals surface area contributed by atoms with Gasteiger partial charge in [-0.2, -0.15) is 0 Å². The van der Waals surface area contributed by atoms with Gasteiger partial charge in [0.2, 0.25) is 11.8 Å². The number of nitrogens with one attached hydrogen (secondary N) is 1. The Labute approximate surface area is 312 Å². The molecule has 4 aromatic rings. The molecule has 7 rings (SSSR count). The Morgan fingerprint density at radius 3 is 2.26 bits per heavy atom. The van der Waals surface area contributed by atoms with Gasteiger partial charge in [0.05, 0.1) is 36.9 Å². The molecular formula is C42H41N3O9. The Morgan fingerprint density at radius 1 is 0.870 bits per heavy atom. The summed E-state index contributed by atoms with van der Waals surface area (Å²) >= 11 is 0. The molecule has 3 aliphatic rings. The first-order valence-electron chi connectivity index (χ1n) is 17.8. The van der Waals surface area contributed by atoms with E-state index in [2.05, 4.69) is 11.9 Å². The van der Waals surface area contributed by atoms with Crippen LogP contribution >= 0.6 is 0 Å². The number of carbonyl (C=O) groups is 4. The largest absolute Gasteiger partial charge is 0.491 e. The number of amides is 3. The highest BCUT2D eigenvalue weighted by Gasteiger charge is 2.75. The molecule has 2 fully saturated rings. The van der Waals surface area contributed by atoms with Crippen molar-refractivity contribution < 1.29 is 43.2 Å². The molecule has 0 aromatic heterocycles. The third-order valence-corrected chi connectivity index (χ3v) is 10.3. The van der Waals surface area contributed by atoms with Gasteiger partial charge in [-0.15, -0.1) is 6.58 Å². The summed E-state index contributed by atoms with van der Waals surface area (Å²) in [5.74, 6) is -3.04. The number of esters is 1. The number of benzene rings is 4. The van der Waals surface area contributed by atoms with E-state index in [-0.39, 0.29) is 38.7 Å². The van der Waals surface area contributed by atoms with E-state index in [0.29, 0.717) is 22.4 Å². The lowest BCUT2D eigenvalue weighted by Gasteiger charge is -2.46. The number of aliphatic hydroxyl groups is 1. The number of para-hydroxylation sites is 1. The SMILES string of the molecule is C=CCNC(=O)C1C2C(=O)OC(c3ccccc3)C(c3ccccc3)N2C(c2cccc(OCCO)c2)C12C(=O)N(C(=O)OCCOC)c1ccccc12. The Hall–Kier alpha value is -5.82. The number of methoxy groups -OCH3 is 1. The van der Waals surface area contributed by atoms with Crippen molar-refractivity contribution in [3.8, 4) is 5.75 Å². The molecular weight excluding hydrogens is 690 g/mol. The van der Waals surface area contributed by atoms with Crippen molar-refractivity contribution in [1.29, 1.82) is 0 Å². The van der Waals surface area contributed by atoms with Crippen LogP contribution in [0.15, 0.2) is 122 Å². The lowest BCUT2D eigenvalue weighted by Crippen LogP contribution is -2.55. The van der Waals surface area contributed by atoms with Gasteiger partial charge in [0.15, 0.2) is 0 Å². The zero-order valence-corrected chi connectivity index (χ0v) is 29.7. The van der Waals surface area contributed by atoms with Gasteiger partial charge in [0.25, 0.3) is 0 Å². The van der Waals surface area contributed by atoms with E-state index >= 15 is 4.79 Å². The van der Waals surface area contributed by atoms with Gasteiger partial charge in [-0.25, -0.2) is 9.69 Å². The van der Waals surface area contributed by atoms with Crippen LogP contribution in [0.5, 0.6) is 5.75 Å². The number of hydrogen-bond acceptors (Lipinski definition) is 10. The molecule has 0 radical (unpaired) electrons. The molecule has 12 nitrogen and oxygen atoms in total. The van der Waals surface area contributed by atoms with Gasteiger partial charge < -0.3 is 29.4 Å². The molecule has 0 aliphatic carbocycles. The summed E-state index contributed by atoms with van der Waals surface area (Å²) in [5, 5.41) is 12.5. The zero-order chi connectivity index (χ0) is 37.8. The number of hydrogen-bond donors (Lipinski definition) is 2. The van der Waals surface area contributed by atoms with Crippen LogP contribution in [0.4, 0.5) is 10.5 Å². The Kier molecular flexibility index (Phi) is 10.6. The van der Waals surface area contributed by atoms with Crippen LogP contribution in [0.25, 0.3) is 0 Å². The number of carbonyl (C=O) groups excluding carboxylic acids is 4. The average Bonchev–Trinajstić information content (AvgIpc) is 3.66. The summed E-state index contributed by atoms with van der Waals surface area (Å²) in [6.45, 7) is 3.56. The zero-order valence-electron chi connectivity index (χ0n) is 29.7. The third kappa shape index (κ3) is 6.11. The minimum atomic E-state index is -1.89. The van der Waals surface area contributed by atoms with Gasteiger partial charge >= 0.3 is 12.1 Å². The second-order valence-corrected chi connectivity index (χ2v) is 13.2. The molecule has 2 saturated heterocycles. The van der Waals surface area contributed by atoms with Crippen LogP contribution in [0, 0.1) is 5.92 Å². The molecule has 54 heavy (non-hydrogen) atoms. The summed E-state index contributed by atoms with van der Waals surface area (Å²) in [6.07, 6.45) is -0.292. The van der Waals surface area contributed by atoms with Gasteiger partial charge in [-0.1, -0.05) is 97.1 Å². The summed E-state index contributed by atoms with van der Waals surface area (Å²) in [6, 6.07) is 29.6. The minimum absolute atomic E-state index is 0.0100. The molecule has 6 atom stereocenters. The number of aliphatic hydroxyl groups excluding tert-OH is 1. The highest BCUT2D eigenvalue weighted by Crippen LogP contribution is 2.65. The van der Waals surface area contributed by atoms with Crippen LogP contribution in [-0.4, -0.2) is 80.0 Å². The van der Waals surface area contributed by atoms with Crippen molar-refractivity contribution >= 4 is 29.6 Å². The topological polar surface area (TPSA) is 144 Å². The third-order valence-electron chi connectivity index (χ3n) is 10.3. The number of fused-ring (bicyclic) bond motifs is 3. The summed E-state index contributed by atoms with van der Waals surface area (Å²) in [7, 11) is 1.47. The highest BCUT2D eigenvalue weighted by molar-refractivity contribution is 6.23. The number of morpholine rings is 1. The van der Waals surface area contributed by atoms with E-state index in [9.17, 15) is 19.5 Å². The number of ether oxygens (including phenoxy) is 4. The predicted octanol–water partition coefficient (Wildman–Crippen LogP) is 4.81. The standard InChI is InChI=1S/C42H41N3O9/c1-3-21-43-38(47)33-35-39(48)54-36(28-15-8-5-9-16-28)34(27-13-6-4-7-14-27)45(35)37(29-17-12-18-30(26-29)52-23-22-46)42(33)31-19-10-11-20-32(31)44(40(42)49)41(50)53-25-24-51-2/h3-20,26,33-37,46H,1,21-25H2,2H3,(H,43,47). The maximum atomic E-state index is 15.7. The number of nitrogens with zero attached hydrogens (tertiary/aromatic N) is 2.